The number of nitrogens with zero attached hydrogens (tertiary/aromatic N) is 2. The minimum Gasteiger partial charge on any atom is -0.368 e. The molecule has 112 valence electrons. The van der Waals surface area contributed by atoms with E-state index in [1.807, 2.05) is 25.1 Å². The van der Waals surface area contributed by atoms with E-state index < -0.39 is 0 Å². The maximum Gasteiger partial charge on any atom is 0.252 e. The van der Waals surface area contributed by atoms with Crippen LogP contribution in [0.3, 0.4) is 0 Å². The molecule has 5 nitrogen and oxygen atoms in total. The van der Waals surface area contributed by atoms with Crippen LogP contribution in [0.5, 0.6) is 0 Å². The van der Waals surface area contributed by atoms with Gasteiger partial charge in [0.1, 0.15) is 6.61 Å². The number of ether oxygens (including phenoxy) is 1. The first kappa shape index (κ1) is 14.7. The van der Waals surface area contributed by atoms with Gasteiger partial charge in [0.15, 0.2) is 0 Å². The van der Waals surface area contributed by atoms with Crippen LogP contribution in [0.1, 0.15) is 24.3 Å². The van der Waals surface area contributed by atoms with Crippen LogP contribution in [-0.4, -0.2) is 29.3 Å². The Hall–Kier alpha value is -1.24. The highest BCUT2D eigenvalue weighted by molar-refractivity contribution is 9.10. The zero-order valence-electron chi connectivity index (χ0n) is 11.9. The van der Waals surface area contributed by atoms with E-state index in [1.54, 1.807) is 0 Å². The monoisotopic (exact) mass is 351 g/mol. The van der Waals surface area contributed by atoms with Crippen molar-refractivity contribution in [3.8, 4) is 11.4 Å². The van der Waals surface area contributed by atoms with Gasteiger partial charge in [0.05, 0.1) is 6.10 Å². The molecule has 6 heteroatoms. The van der Waals surface area contributed by atoms with Gasteiger partial charge in [-0.15, -0.1) is 0 Å². The first-order valence-electron chi connectivity index (χ1n) is 7.14. The summed E-state index contributed by atoms with van der Waals surface area (Å²) in [6, 6.07) is 6.01. The van der Waals surface area contributed by atoms with Crippen molar-refractivity contribution >= 4 is 15.9 Å². The SMILES string of the molecule is Cc1ccc(-c2noc(COC3CCNCC3)n2)cc1Br. The van der Waals surface area contributed by atoms with Gasteiger partial charge in [-0.25, -0.2) is 0 Å². The first-order valence-corrected chi connectivity index (χ1v) is 7.93. The fourth-order valence-corrected chi connectivity index (χ4v) is 2.69. The van der Waals surface area contributed by atoms with Crippen LogP contribution in [0.25, 0.3) is 11.4 Å². The molecular weight excluding hydrogens is 334 g/mol. The Bertz CT molecular complexity index is 609. The highest BCUT2D eigenvalue weighted by Crippen LogP contribution is 2.24. The summed E-state index contributed by atoms with van der Waals surface area (Å²) in [6.07, 6.45) is 2.35. The van der Waals surface area contributed by atoms with Gasteiger partial charge in [0.2, 0.25) is 5.82 Å². The van der Waals surface area contributed by atoms with Crippen LogP contribution in [0.15, 0.2) is 27.2 Å². The largest absolute Gasteiger partial charge is 0.368 e. The number of rotatable bonds is 4. The van der Waals surface area contributed by atoms with Crippen molar-refractivity contribution in [2.75, 3.05) is 13.1 Å². The first-order chi connectivity index (χ1) is 10.2. The van der Waals surface area contributed by atoms with E-state index in [0.29, 0.717) is 18.3 Å². The minimum absolute atomic E-state index is 0.287. The molecule has 0 bridgehead atoms. The zero-order valence-corrected chi connectivity index (χ0v) is 13.5. The smallest absolute Gasteiger partial charge is 0.252 e. The van der Waals surface area contributed by atoms with Crippen LogP contribution in [0, 0.1) is 6.92 Å². The molecule has 1 aromatic carbocycles. The van der Waals surface area contributed by atoms with Gasteiger partial charge in [-0.1, -0.05) is 33.2 Å². The Balaban J connectivity index is 1.63. The molecular formula is C15H18BrN3O2. The van der Waals surface area contributed by atoms with E-state index in [2.05, 4.69) is 31.4 Å². The third kappa shape index (κ3) is 3.70. The Kier molecular flexibility index (Phi) is 4.67. The lowest BCUT2D eigenvalue weighted by Crippen LogP contribution is -2.32. The third-order valence-corrected chi connectivity index (χ3v) is 4.48. The van der Waals surface area contributed by atoms with E-state index in [-0.39, 0.29) is 6.10 Å². The highest BCUT2D eigenvalue weighted by atomic mass is 79.9. The second kappa shape index (κ2) is 6.68. The predicted molar refractivity (Wildman–Crippen MR) is 82.9 cm³/mol. The van der Waals surface area contributed by atoms with Gasteiger partial charge in [-0.3, -0.25) is 0 Å². The highest BCUT2D eigenvalue weighted by Gasteiger charge is 2.15. The summed E-state index contributed by atoms with van der Waals surface area (Å²) < 4.78 is 12.1. The van der Waals surface area contributed by atoms with Crippen LogP contribution >= 0.6 is 15.9 Å². The van der Waals surface area contributed by atoms with Crippen LogP contribution < -0.4 is 5.32 Å². The molecule has 0 spiro atoms. The summed E-state index contributed by atoms with van der Waals surface area (Å²) in [4.78, 5) is 4.40. The second-order valence-electron chi connectivity index (χ2n) is 5.24. The number of hydrogen-bond acceptors (Lipinski definition) is 5. The molecule has 0 radical (unpaired) electrons. The van der Waals surface area contributed by atoms with E-state index in [4.69, 9.17) is 9.26 Å². The van der Waals surface area contributed by atoms with Gasteiger partial charge >= 0.3 is 0 Å². The van der Waals surface area contributed by atoms with E-state index in [9.17, 15) is 0 Å². The summed E-state index contributed by atoms with van der Waals surface area (Å²) in [5.41, 5.74) is 2.11. The van der Waals surface area contributed by atoms with Crippen molar-refractivity contribution in [1.29, 1.82) is 0 Å². The van der Waals surface area contributed by atoms with Gasteiger partial charge < -0.3 is 14.6 Å². The molecule has 1 saturated heterocycles. The molecule has 1 aliphatic rings. The summed E-state index contributed by atoms with van der Waals surface area (Å²) in [7, 11) is 0. The summed E-state index contributed by atoms with van der Waals surface area (Å²) >= 11 is 3.52. The maximum absolute atomic E-state index is 5.82. The fourth-order valence-electron chi connectivity index (χ4n) is 2.31. The number of hydrogen-bond donors (Lipinski definition) is 1. The van der Waals surface area contributed by atoms with Crippen molar-refractivity contribution in [2.45, 2.75) is 32.5 Å². The number of benzene rings is 1. The Morgan fingerprint density at radius 3 is 2.95 bits per heavy atom. The number of halogens is 1. The quantitative estimate of drug-likeness (QED) is 0.916. The van der Waals surface area contributed by atoms with E-state index >= 15 is 0 Å². The van der Waals surface area contributed by atoms with Crippen molar-refractivity contribution in [3.63, 3.8) is 0 Å². The number of aryl methyl sites for hydroxylation is 1. The summed E-state index contributed by atoms with van der Waals surface area (Å²) in [5.74, 6) is 1.12. The van der Waals surface area contributed by atoms with Crippen LogP contribution in [-0.2, 0) is 11.3 Å². The molecule has 2 aromatic rings. The lowest BCUT2D eigenvalue weighted by molar-refractivity contribution is 0.00859. The molecule has 0 unspecified atom stereocenters. The summed E-state index contributed by atoms with van der Waals surface area (Å²) in [6.45, 7) is 4.45. The van der Waals surface area contributed by atoms with Gasteiger partial charge in [-0.05, 0) is 44.5 Å². The molecule has 0 aliphatic carbocycles. The van der Waals surface area contributed by atoms with E-state index in [1.165, 1.54) is 5.56 Å². The lowest BCUT2D eigenvalue weighted by atomic mass is 10.1. The van der Waals surface area contributed by atoms with Crippen molar-refractivity contribution in [1.82, 2.24) is 15.5 Å². The predicted octanol–water partition coefficient (Wildman–Crippen LogP) is 3.08. The average molecular weight is 352 g/mol. The molecule has 0 atom stereocenters. The topological polar surface area (TPSA) is 60.2 Å². The normalized spacial score (nSPS) is 16.3. The molecule has 2 heterocycles. The Labute approximate surface area is 132 Å². The molecule has 0 amide bonds. The fraction of sp³-hybridized carbons (Fsp3) is 0.467. The minimum atomic E-state index is 0.287. The Morgan fingerprint density at radius 2 is 2.19 bits per heavy atom. The summed E-state index contributed by atoms with van der Waals surface area (Å²) in [5, 5.41) is 7.33. The Morgan fingerprint density at radius 1 is 1.38 bits per heavy atom. The molecule has 1 aromatic heterocycles. The lowest BCUT2D eigenvalue weighted by Gasteiger charge is -2.21. The van der Waals surface area contributed by atoms with Gasteiger partial charge in [-0.2, -0.15) is 4.98 Å². The molecule has 1 aliphatic heterocycles. The van der Waals surface area contributed by atoms with Crippen LogP contribution in [0.2, 0.25) is 0 Å². The van der Waals surface area contributed by atoms with Crippen LogP contribution in [0.4, 0.5) is 0 Å². The van der Waals surface area contributed by atoms with E-state index in [0.717, 1.165) is 36.0 Å². The number of piperidine rings is 1. The number of aromatic nitrogens is 2. The molecule has 3 rings (SSSR count). The second-order valence-corrected chi connectivity index (χ2v) is 6.09. The zero-order chi connectivity index (χ0) is 14.7. The molecule has 1 fully saturated rings. The number of nitrogens with one attached hydrogen (secondary N) is 1. The van der Waals surface area contributed by atoms with Crippen molar-refractivity contribution < 1.29 is 9.26 Å². The van der Waals surface area contributed by atoms with Crippen molar-refractivity contribution in [3.05, 3.63) is 34.1 Å². The molecule has 1 N–H and O–H groups in total. The van der Waals surface area contributed by atoms with Gasteiger partial charge in [0.25, 0.3) is 5.89 Å². The standard InChI is InChI=1S/C15H18BrN3O2/c1-10-2-3-11(8-13(10)16)15-18-14(21-19-15)9-20-12-4-6-17-7-5-12/h2-3,8,12,17H,4-7,9H2,1H3. The molecule has 21 heavy (non-hydrogen) atoms. The average Bonchev–Trinajstić information content (AvgIpc) is 2.98. The molecule has 0 saturated carbocycles. The van der Waals surface area contributed by atoms with Gasteiger partial charge in [0, 0.05) is 10.0 Å². The maximum atomic E-state index is 5.82. The third-order valence-electron chi connectivity index (χ3n) is 3.63. The van der Waals surface area contributed by atoms with Crippen molar-refractivity contribution in [2.24, 2.45) is 0 Å².